The summed E-state index contributed by atoms with van der Waals surface area (Å²) in [6, 6.07) is 0. The predicted octanol–water partition coefficient (Wildman–Crippen LogP) is 2.94. The van der Waals surface area contributed by atoms with Crippen molar-refractivity contribution in [1.82, 2.24) is 5.32 Å². The van der Waals surface area contributed by atoms with Crippen LogP contribution >= 0.6 is 11.6 Å². The summed E-state index contributed by atoms with van der Waals surface area (Å²) in [7, 11) is 0. The molecule has 0 spiro atoms. The molecule has 0 saturated carbocycles. The zero-order chi connectivity index (χ0) is 13.1. The minimum atomic E-state index is -0.442. The van der Waals surface area contributed by atoms with Gasteiger partial charge in [-0.3, -0.25) is 0 Å². The van der Waals surface area contributed by atoms with Crippen LogP contribution in [0.15, 0.2) is 0 Å². The summed E-state index contributed by atoms with van der Waals surface area (Å²) in [6.07, 6.45) is 2.39. The predicted molar refractivity (Wildman–Crippen MR) is 69.6 cm³/mol. The first-order chi connectivity index (χ1) is 7.95. The van der Waals surface area contributed by atoms with Crippen molar-refractivity contribution in [2.45, 2.75) is 45.6 Å². The molecule has 0 aromatic carbocycles. The molecule has 5 heteroatoms. The Balaban J connectivity index is 3.25. The summed E-state index contributed by atoms with van der Waals surface area (Å²) in [5.74, 6) is 0.684. The number of nitrogens with one attached hydrogen (secondary N) is 1. The number of unbranched alkanes of at least 4 members (excludes halogenated alkanes) is 1. The van der Waals surface area contributed by atoms with Crippen LogP contribution in [0.5, 0.6) is 0 Å². The fourth-order valence-electron chi connectivity index (χ4n) is 1.08. The van der Waals surface area contributed by atoms with Crippen molar-refractivity contribution in [3.63, 3.8) is 0 Å². The molecule has 0 aliphatic rings. The fourth-order valence-corrected chi connectivity index (χ4v) is 1.27. The van der Waals surface area contributed by atoms with Crippen LogP contribution in [-0.4, -0.2) is 37.3 Å². The van der Waals surface area contributed by atoms with E-state index in [1.807, 2.05) is 20.8 Å². The molecule has 4 nitrogen and oxygen atoms in total. The van der Waals surface area contributed by atoms with Gasteiger partial charge in [0.1, 0.15) is 5.60 Å². The van der Waals surface area contributed by atoms with Crippen molar-refractivity contribution in [3.05, 3.63) is 0 Å². The highest BCUT2D eigenvalue weighted by atomic mass is 35.5. The second-order valence-corrected chi connectivity index (χ2v) is 5.17. The van der Waals surface area contributed by atoms with Crippen LogP contribution in [0, 0.1) is 0 Å². The van der Waals surface area contributed by atoms with Gasteiger partial charge in [0.15, 0.2) is 0 Å². The molecule has 0 aliphatic heterocycles. The maximum absolute atomic E-state index is 11.2. The van der Waals surface area contributed by atoms with E-state index in [1.54, 1.807) is 0 Å². The maximum atomic E-state index is 11.2. The first-order valence-electron chi connectivity index (χ1n) is 6.06. The number of ether oxygens (including phenoxy) is 2. The zero-order valence-electron chi connectivity index (χ0n) is 11.1. The van der Waals surface area contributed by atoms with Crippen molar-refractivity contribution in [2.24, 2.45) is 0 Å². The van der Waals surface area contributed by atoms with E-state index in [0.29, 0.717) is 19.0 Å². The van der Waals surface area contributed by atoms with Gasteiger partial charge in [0, 0.05) is 25.6 Å². The van der Waals surface area contributed by atoms with Crippen LogP contribution in [0.2, 0.25) is 0 Å². The molecule has 1 N–H and O–H groups in total. The fraction of sp³-hybridized carbons (Fsp3) is 0.917. The average molecular weight is 266 g/mol. The smallest absolute Gasteiger partial charge is 0.407 e. The topological polar surface area (TPSA) is 47.6 Å². The molecule has 102 valence electrons. The highest BCUT2D eigenvalue weighted by Crippen LogP contribution is 2.06. The molecule has 0 aromatic rings. The Kier molecular flexibility index (Phi) is 9.27. The van der Waals surface area contributed by atoms with Crippen molar-refractivity contribution in [1.29, 1.82) is 0 Å². The lowest BCUT2D eigenvalue weighted by Gasteiger charge is -2.19. The number of carbonyl (C=O) groups excluding carboxylic acids is 1. The minimum absolute atomic E-state index is 0.375. The number of halogens is 1. The highest BCUT2D eigenvalue weighted by Gasteiger charge is 2.15. The number of hydrogen-bond acceptors (Lipinski definition) is 3. The molecule has 0 atom stereocenters. The molecule has 1 amide bonds. The normalized spacial score (nSPS) is 11.3. The number of alkyl carbamates (subject to hydrolysis) is 1. The summed E-state index contributed by atoms with van der Waals surface area (Å²) in [5, 5.41) is 2.68. The monoisotopic (exact) mass is 265 g/mol. The van der Waals surface area contributed by atoms with E-state index in [-0.39, 0.29) is 6.09 Å². The van der Waals surface area contributed by atoms with Crippen LogP contribution in [0.3, 0.4) is 0 Å². The van der Waals surface area contributed by atoms with Gasteiger partial charge < -0.3 is 14.8 Å². The van der Waals surface area contributed by atoms with Crippen molar-refractivity contribution in [3.8, 4) is 0 Å². The second-order valence-electron chi connectivity index (χ2n) is 4.79. The van der Waals surface area contributed by atoms with Crippen molar-refractivity contribution in [2.75, 3.05) is 25.6 Å². The molecule has 0 fully saturated rings. The van der Waals surface area contributed by atoms with Crippen LogP contribution in [0.1, 0.15) is 40.0 Å². The molecular formula is C12H24ClNO3. The molecule has 0 bridgehead atoms. The van der Waals surface area contributed by atoms with Gasteiger partial charge in [-0.15, -0.1) is 11.6 Å². The lowest BCUT2D eigenvalue weighted by atomic mass is 10.2. The van der Waals surface area contributed by atoms with E-state index in [1.165, 1.54) is 0 Å². The van der Waals surface area contributed by atoms with Crippen LogP contribution in [-0.2, 0) is 9.47 Å². The summed E-state index contributed by atoms with van der Waals surface area (Å²) < 4.78 is 10.5. The van der Waals surface area contributed by atoms with Gasteiger partial charge in [-0.1, -0.05) is 0 Å². The molecular weight excluding hydrogens is 242 g/mol. The van der Waals surface area contributed by atoms with Gasteiger partial charge in [0.25, 0.3) is 0 Å². The van der Waals surface area contributed by atoms with Gasteiger partial charge in [-0.25, -0.2) is 4.79 Å². The minimum Gasteiger partial charge on any atom is -0.444 e. The standard InChI is InChI=1S/C12H24ClNO3/c1-12(2,3)17-11(15)14-8-6-10-16-9-5-4-7-13/h4-10H2,1-3H3,(H,14,15). The summed E-state index contributed by atoms with van der Waals surface area (Å²) in [5.41, 5.74) is -0.442. The van der Waals surface area contributed by atoms with Crippen LogP contribution in [0.25, 0.3) is 0 Å². The number of carbonyl (C=O) groups is 1. The number of alkyl halides is 1. The van der Waals surface area contributed by atoms with Crippen LogP contribution in [0.4, 0.5) is 4.79 Å². The van der Waals surface area contributed by atoms with Gasteiger partial charge in [-0.05, 0) is 40.0 Å². The SMILES string of the molecule is CC(C)(C)OC(=O)NCCCOCCCCCl. The third-order valence-electron chi connectivity index (χ3n) is 1.81. The van der Waals surface area contributed by atoms with Gasteiger partial charge in [0.2, 0.25) is 0 Å². The van der Waals surface area contributed by atoms with Gasteiger partial charge >= 0.3 is 6.09 Å². The lowest BCUT2D eigenvalue weighted by molar-refractivity contribution is 0.0519. The lowest BCUT2D eigenvalue weighted by Crippen LogP contribution is -2.33. The first kappa shape index (κ1) is 16.5. The number of hydrogen-bond donors (Lipinski definition) is 1. The number of amides is 1. The van der Waals surface area contributed by atoms with E-state index >= 15 is 0 Å². The Morgan fingerprint density at radius 3 is 2.41 bits per heavy atom. The third kappa shape index (κ3) is 13.5. The van der Waals surface area contributed by atoms with Crippen molar-refractivity contribution < 1.29 is 14.3 Å². The second kappa shape index (κ2) is 9.54. The van der Waals surface area contributed by atoms with E-state index in [0.717, 1.165) is 25.9 Å². The molecule has 0 aromatic heterocycles. The number of rotatable bonds is 8. The molecule has 0 rings (SSSR count). The summed E-state index contributed by atoms with van der Waals surface area (Å²) >= 11 is 5.53. The summed E-state index contributed by atoms with van der Waals surface area (Å²) in [6.45, 7) is 7.48. The average Bonchev–Trinajstić information content (AvgIpc) is 2.19. The first-order valence-corrected chi connectivity index (χ1v) is 6.60. The van der Waals surface area contributed by atoms with Gasteiger partial charge in [-0.2, -0.15) is 0 Å². The highest BCUT2D eigenvalue weighted by molar-refractivity contribution is 6.17. The van der Waals surface area contributed by atoms with E-state index in [4.69, 9.17) is 21.1 Å². The largest absolute Gasteiger partial charge is 0.444 e. The molecule has 0 radical (unpaired) electrons. The Labute approximate surface area is 109 Å². The Hall–Kier alpha value is -0.480. The van der Waals surface area contributed by atoms with Crippen molar-refractivity contribution >= 4 is 17.7 Å². The Bertz CT molecular complexity index is 204. The van der Waals surface area contributed by atoms with Gasteiger partial charge in [0.05, 0.1) is 0 Å². The zero-order valence-corrected chi connectivity index (χ0v) is 11.8. The maximum Gasteiger partial charge on any atom is 0.407 e. The Morgan fingerprint density at radius 2 is 1.82 bits per heavy atom. The summed E-state index contributed by atoms with van der Waals surface area (Å²) in [4.78, 5) is 11.2. The molecule has 0 aliphatic carbocycles. The Morgan fingerprint density at radius 1 is 1.18 bits per heavy atom. The molecule has 0 saturated heterocycles. The van der Waals surface area contributed by atoms with E-state index in [9.17, 15) is 4.79 Å². The molecule has 0 unspecified atom stereocenters. The van der Waals surface area contributed by atoms with Crippen LogP contribution < -0.4 is 5.32 Å². The quantitative estimate of drug-likeness (QED) is 0.542. The molecule has 0 heterocycles. The third-order valence-corrected chi connectivity index (χ3v) is 2.07. The molecule has 17 heavy (non-hydrogen) atoms. The van der Waals surface area contributed by atoms with E-state index < -0.39 is 5.60 Å². The van der Waals surface area contributed by atoms with E-state index in [2.05, 4.69) is 5.32 Å².